The number of nitrogens with zero attached hydrogens (tertiary/aromatic N) is 2. The first-order valence-corrected chi connectivity index (χ1v) is 6.16. The van der Waals surface area contributed by atoms with Gasteiger partial charge in [0.2, 0.25) is 5.91 Å². The number of aryl methyl sites for hydroxylation is 1. The van der Waals surface area contributed by atoms with Gasteiger partial charge >= 0.3 is 0 Å². The topological polar surface area (TPSA) is 61.0 Å². The first-order chi connectivity index (χ1) is 8.19. The van der Waals surface area contributed by atoms with E-state index >= 15 is 0 Å². The molecule has 1 aromatic heterocycles. The lowest BCUT2D eigenvalue weighted by molar-refractivity contribution is -0.130. The standard InChI is InChI=1S/C12H22N4O/c1-4-16(5-2)12(17)6-7-13-8-11-10(3)14-9-15-11/h9,13H,4-8H2,1-3H3,(H,14,15). The van der Waals surface area contributed by atoms with Crippen molar-refractivity contribution in [3.8, 4) is 0 Å². The molecule has 0 aliphatic heterocycles. The molecule has 17 heavy (non-hydrogen) atoms. The Morgan fingerprint density at radius 1 is 1.47 bits per heavy atom. The lowest BCUT2D eigenvalue weighted by atomic mass is 10.3. The van der Waals surface area contributed by atoms with E-state index in [1.54, 1.807) is 6.33 Å². The minimum atomic E-state index is 0.209. The number of aromatic nitrogens is 2. The van der Waals surface area contributed by atoms with E-state index in [9.17, 15) is 4.79 Å². The van der Waals surface area contributed by atoms with Gasteiger partial charge in [0.1, 0.15) is 0 Å². The maximum atomic E-state index is 11.7. The number of imidazole rings is 1. The Morgan fingerprint density at radius 3 is 2.71 bits per heavy atom. The number of hydrogen-bond acceptors (Lipinski definition) is 3. The summed E-state index contributed by atoms with van der Waals surface area (Å²) in [5.74, 6) is 0.209. The molecule has 0 saturated carbocycles. The highest BCUT2D eigenvalue weighted by atomic mass is 16.2. The van der Waals surface area contributed by atoms with Gasteiger partial charge in [-0.05, 0) is 20.8 Å². The SMILES string of the molecule is CCN(CC)C(=O)CCNCc1nc[nH]c1C. The second kappa shape index (κ2) is 7.06. The predicted molar refractivity (Wildman–Crippen MR) is 67.6 cm³/mol. The number of hydrogen-bond donors (Lipinski definition) is 2. The van der Waals surface area contributed by atoms with Crippen LogP contribution in [-0.4, -0.2) is 40.4 Å². The third-order valence-corrected chi connectivity index (χ3v) is 2.86. The molecule has 0 aliphatic carbocycles. The minimum Gasteiger partial charge on any atom is -0.348 e. The monoisotopic (exact) mass is 238 g/mol. The molecule has 0 saturated heterocycles. The van der Waals surface area contributed by atoms with Gasteiger partial charge < -0.3 is 15.2 Å². The second-order valence-electron chi connectivity index (χ2n) is 3.97. The van der Waals surface area contributed by atoms with Crippen LogP contribution in [-0.2, 0) is 11.3 Å². The molecule has 0 atom stereocenters. The van der Waals surface area contributed by atoms with E-state index in [-0.39, 0.29) is 5.91 Å². The van der Waals surface area contributed by atoms with Gasteiger partial charge in [-0.25, -0.2) is 4.98 Å². The Hall–Kier alpha value is -1.36. The first kappa shape index (κ1) is 13.7. The number of H-pyrrole nitrogens is 1. The summed E-state index contributed by atoms with van der Waals surface area (Å²) in [6.07, 6.45) is 2.23. The highest BCUT2D eigenvalue weighted by Crippen LogP contribution is 1.99. The molecule has 5 heteroatoms. The van der Waals surface area contributed by atoms with E-state index in [2.05, 4.69) is 15.3 Å². The fourth-order valence-electron chi connectivity index (χ4n) is 1.70. The number of nitrogens with one attached hydrogen (secondary N) is 2. The molecule has 1 aromatic rings. The summed E-state index contributed by atoms with van der Waals surface area (Å²) in [7, 11) is 0. The van der Waals surface area contributed by atoms with Crippen LogP contribution in [0.15, 0.2) is 6.33 Å². The van der Waals surface area contributed by atoms with Crippen LogP contribution in [0.5, 0.6) is 0 Å². The van der Waals surface area contributed by atoms with Crippen LogP contribution >= 0.6 is 0 Å². The van der Waals surface area contributed by atoms with Gasteiger partial charge in [0, 0.05) is 38.3 Å². The van der Waals surface area contributed by atoms with Crippen LogP contribution < -0.4 is 5.32 Å². The lowest BCUT2D eigenvalue weighted by Crippen LogP contribution is -2.32. The van der Waals surface area contributed by atoms with Crippen LogP contribution in [0.25, 0.3) is 0 Å². The number of carbonyl (C=O) groups excluding carboxylic acids is 1. The molecule has 5 nitrogen and oxygen atoms in total. The van der Waals surface area contributed by atoms with Crippen LogP contribution in [0.3, 0.4) is 0 Å². The van der Waals surface area contributed by atoms with Crippen molar-refractivity contribution in [2.75, 3.05) is 19.6 Å². The van der Waals surface area contributed by atoms with E-state index < -0.39 is 0 Å². The Morgan fingerprint density at radius 2 is 2.18 bits per heavy atom. The molecule has 96 valence electrons. The maximum Gasteiger partial charge on any atom is 0.223 e. The largest absolute Gasteiger partial charge is 0.348 e. The molecule has 2 N–H and O–H groups in total. The van der Waals surface area contributed by atoms with Crippen molar-refractivity contribution in [2.45, 2.75) is 33.7 Å². The van der Waals surface area contributed by atoms with Gasteiger partial charge in [0.15, 0.2) is 0 Å². The summed E-state index contributed by atoms with van der Waals surface area (Å²) in [6.45, 7) is 8.97. The fraction of sp³-hybridized carbons (Fsp3) is 0.667. The summed E-state index contributed by atoms with van der Waals surface area (Å²) < 4.78 is 0. The molecule has 0 bridgehead atoms. The van der Waals surface area contributed by atoms with Crippen molar-refractivity contribution in [3.63, 3.8) is 0 Å². The van der Waals surface area contributed by atoms with Gasteiger partial charge in [-0.15, -0.1) is 0 Å². The van der Waals surface area contributed by atoms with Crippen molar-refractivity contribution in [2.24, 2.45) is 0 Å². The van der Waals surface area contributed by atoms with Crippen LogP contribution in [0.4, 0.5) is 0 Å². The summed E-state index contributed by atoms with van der Waals surface area (Å²) >= 11 is 0. The molecule has 1 amide bonds. The van der Waals surface area contributed by atoms with Crippen LogP contribution in [0.1, 0.15) is 31.7 Å². The molecule has 1 heterocycles. The van der Waals surface area contributed by atoms with E-state index in [1.807, 2.05) is 25.7 Å². The zero-order valence-electron chi connectivity index (χ0n) is 10.9. The summed E-state index contributed by atoms with van der Waals surface area (Å²) in [5.41, 5.74) is 2.09. The maximum absolute atomic E-state index is 11.7. The molecule has 1 rings (SSSR count). The van der Waals surface area contributed by atoms with E-state index in [0.29, 0.717) is 19.5 Å². The summed E-state index contributed by atoms with van der Waals surface area (Å²) in [6, 6.07) is 0. The Kier molecular flexibility index (Phi) is 5.69. The van der Waals surface area contributed by atoms with Crippen LogP contribution in [0, 0.1) is 6.92 Å². The predicted octanol–water partition coefficient (Wildman–Crippen LogP) is 1.07. The highest BCUT2D eigenvalue weighted by molar-refractivity contribution is 5.76. The van der Waals surface area contributed by atoms with Gasteiger partial charge in [-0.1, -0.05) is 0 Å². The molecule has 0 fully saturated rings. The van der Waals surface area contributed by atoms with Crippen molar-refractivity contribution >= 4 is 5.91 Å². The Balaban J connectivity index is 2.20. The van der Waals surface area contributed by atoms with Crippen molar-refractivity contribution in [1.82, 2.24) is 20.2 Å². The van der Waals surface area contributed by atoms with E-state index in [0.717, 1.165) is 24.5 Å². The number of aromatic amines is 1. The smallest absolute Gasteiger partial charge is 0.223 e. The zero-order chi connectivity index (χ0) is 12.7. The average Bonchev–Trinajstić information content (AvgIpc) is 2.72. The summed E-state index contributed by atoms with van der Waals surface area (Å²) in [4.78, 5) is 20.8. The van der Waals surface area contributed by atoms with Gasteiger partial charge in [0.25, 0.3) is 0 Å². The van der Waals surface area contributed by atoms with Crippen LogP contribution in [0.2, 0.25) is 0 Å². The molecule has 0 radical (unpaired) electrons. The number of amides is 1. The van der Waals surface area contributed by atoms with Gasteiger partial charge in [-0.3, -0.25) is 4.79 Å². The average molecular weight is 238 g/mol. The fourth-order valence-corrected chi connectivity index (χ4v) is 1.70. The lowest BCUT2D eigenvalue weighted by Gasteiger charge is -2.18. The molecular formula is C12H22N4O. The van der Waals surface area contributed by atoms with E-state index in [1.165, 1.54) is 0 Å². The Bertz CT molecular complexity index is 344. The van der Waals surface area contributed by atoms with Crippen molar-refractivity contribution in [1.29, 1.82) is 0 Å². The molecule has 0 spiro atoms. The molecule has 0 aromatic carbocycles. The second-order valence-corrected chi connectivity index (χ2v) is 3.97. The van der Waals surface area contributed by atoms with Crippen molar-refractivity contribution in [3.05, 3.63) is 17.7 Å². The zero-order valence-corrected chi connectivity index (χ0v) is 10.9. The molecular weight excluding hydrogens is 216 g/mol. The Labute approximate surface area is 103 Å². The number of carbonyl (C=O) groups is 1. The minimum absolute atomic E-state index is 0.209. The third-order valence-electron chi connectivity index (χ3n) is 2.86. The molecule has 0 unspecified atom stereocenters. The first-order valence-electron chi connectivity index (χ1n) is 6.16. The quantitative estimate of drug-likeness (QED) is 0.698. The third kappa shape index (κ3) is 4.19. The van der Waals surface area contributed by atoms with Gasteiger partial charge in [0.05, 0.1) is 12.0 Å². The molecule has 0 aliphatic rings. The van der Waals surface area contributed by atoms with Crippen molar-refractivity contribution < 1.29 is 4.79 Å². The summed E-state index contributed by atoms with van der Waals surface area (Å²) in [5, 5.41) is 3.23. The number of rotatable bonds is 7. The van der Waals surface area contributed by atoms with E-state index in [4.69, 9.17) is 0 Å². The highest BCUT2D eigenvalue weighted by Gasteiger charge is 2.08. The van der Waals surface area contributed by atoms with Gasteiger partial charge in [-0.2, -0.15) is 0 Å². The normalized spacial score (nSPS) is 10.5.